The lowest BCUT2D eigenvalue weighted by atomic mass is 9.77. The van der Waals surface area contributed by atoms with Crippen LogP contribution < -0.4 is 5.73 Å². The molecule has 32 heavy (non-hydrogen) atoms. The highest BCUT2D eigenvalue weighted by atomic mass is 19.3. The van der Waals surface area contributed by atoms with Crippen molar-refractivity contribution in [2.75, 3.05) is 6.61 Å². The van der Waals surface area contributed by atoms with Gasteiger partial charge in [-0.2, -0.15) is 0 Å². The molecule has 0 saturated carbocycles. The van der Waals surface area contributed by atoms with Gasteiger partial charge in [-0.1, -0.05) is 0 Å². The number of ether oxygens (including phenoxy) is 1. The largest absolute Gasteiger partial charge is 0.436 e. The Morgan fingerprint density at radius 1 is 0.906 bits per heavy atom. The maximum Gasteiger partial charge on any atom is 0.304 e. The van der Waals surface area contributed by atoms with Crippen LogP contribution in [0.2, 0.25) is 0 Å². The Balaban J connectivity index is 1.96. The Morgan fingerprint density at radius 2 is 1.56 bits per heavy atom. The third-order valence-electron chi connectivity index (χ3n) is 5.56. The molecule has 2 aromatic carbocycles. The quantitative estimate of drug-likeness (QED) is 0.546. The lowest BCUT2D eigenvalue weighted by Crippen LogP contribution is -2.56. The molecule has 3 aromatic rings. The standard InChI is InChI=1S/C21H17F6N3O2/c1-19(2)21(26,27)20(3,30-17(28)8-31-19)10-4-9(11(22)5-12(10)23)18-29-15-6-13(24)14(25)7-16(15)32-18/h4-7H,8H2,1-3H3,(H2,28,30)/t20-/m1/s1. The van der Waals surface area contributed by atoms with Crippen LogP contribution in [0, 0.1) is 23.3 Å². The van der Waals surface area contributed by atoms with Crippen LogP contribution in [-0.2, 0) is 10.3 Å². The summed E-state index contributed by atoms with van der Waals surface area (Å²) in [5, 5.41) is 0. The number of nitrogens with zero attached hydrogens (tertiary/aromatic N) is 2. The number of aromatic nitrogens is 1. The van der Waals surface area contributed by atoms with E-state index in [9.17, 15) is 17.6 Å². The zero-order valence-corrected chi connectivity index (χ0v) is 17.1. The first kappa shape index (κ1) is 22.1. The van der Waals surface area contributed by atoms with Crippen molar-refractivity contribution in [3.63, 3.8) is 0 Å². The molecule has 0 unspecified atom stereocenters. The van der Waals surface area contributed by atoms with Gasteiger partial charge in [0.2, 0.25) is 5.89 Å². The molecule has 2 heterocycles. The topological polar surface area (TPSA) is 73.6 Å². The molecule has 4 rings (SSSR count). The van der Waals surface area contributed by atoms with Crippen LogP contribution in [0.15, 0.2) is 33.7 Å². The van der Waals surface area contributed by atoms with Gasteiger partial charge >= 0.3 is 5.92 Å². The fourth-order valence-corrected chi connectivity index (χ4v) is 3.67. The lowest BCUT2D eigenvalue weighted by Gasteiger charge is -2.42. The van der Waals surface area contributed by atoms with Crippen molar-refractivity contribution in [1.82, 2.24) is 4.98 Å². The van der Waals surface area contributed by atoms with E-state index in [1.54, 1.807) is 0 Å². The average Bonchev–Trinajstić information content (AvgIpc) is 3.06. The van der Waals surface area contributed by atoms with Crippen molar-refractivity contribution >= 4 is 16.9 Å². The van der Waals surface area contributed by atoms with E-state index in [1.807, 2.05) is 0 Å². The molecule has 1 atom stereocenters. The third kappa shape index (κ3) is 3.14. The molecule has 1 aliphatic heterocycles. The Kier molecular flexibility index (Phi) is 4.81. The van der Waals surface area contributed by atoms with Gasteiger partial charge in [-0.05, 0) is 26.8 Å². The summed E-state index contributed by atoms with van der Waals surface area (Å²) < 4.78 is 98.0. The number of aliphatic imine (C=N–C) groups is 1. The number of fused-ring (bicyclic) bond motifs is 1. The Hall–Kier alpha value is -3.08. The van der Waals surface area contributed by atoms with Crippen LogP contribution in [-0.4, -0.2) is 29.0 Å². The number of benzene rings is 2. The first-order valence-corrected chi connectivity index (χ1v) is 9.38. The Morgan fingerprint density at radius 3 is 2.25 bits per heavy atom. The monoisotopic (exact) mass is 457 g/mol. The molecular formula is C21H17F6N3O2. The summed E-state index contributed by atoms with van der Waals surface area (Å²) >= 11 is 0. The summed E-state index contributed by atoms with van der Waals surface area (Å²) in [5.74, 6) is -9.53. The van der Waals surface area contributed by atoms with Crippen LogP contribution in [0.3, 0.4) is 0 Å². The number of amidine groups is 1. The van der Waals surface area contributed by atoms with Gasteiger partial charge in [0.15, 0.2) is 22.8 Å². The molecule has 170 valence electrons. The Bertz CT molecular complexity index is 1230. The van der Waals surface area contributed by atoms with Gasteiger partial charge in [-0.25, -0.2) is 31.3 Å². The summed E-state index contributed by atoms with van der Waals surface area (Å²) in [7, 11) is 0. The molecule has 0 bridgehead atoms. The lowest BCUT2D eigenvalue weighted by molar-refractivity contribution is -0.214. The maximum absolute atomic E-state index is 15.6. The van der Waals surface area contributed by atoms with Crippen LogP contribution in [0.25, 0.3) is 22.6 Å². The van der Waals surface area contributed by atoms with E-state index in [2.05, 4.69) is 9.98 Å². The second kappa shape index (κ2) is 6.96. The molecule has 0 amide bonds. The minimum absolute atomic E-state index is 0.146. The molecule has 1 aromatic heterocycles. The maximum atomic E-state index is 15.6. The molecule has 0 spiro atoms. The van der Waals surface area contributed by atoms with E-state index >= 15 is 8.78 Å². The predicted octanol–water partition coefficient (Wildman–Crippen LogP) is 5.07. The minimum atomic E-state index is -3.80. The second-order valence-corrected chi connectivity index (χ2v) is 8.11. The number of rotatable bonds is 2. The van der Waals surface area contributed by atoms with Crippen LogP contribution in [0.4, 0.5) is 26.3 Å². The van der Waals surface area contributed by atoms with Gasteiger partial charge in [0.1, 0.15) is 35.2 Å². The van der Waals surface area contributed by atoms with Crippen molar-refractivity contribution in [3.8, 4) is 11.5 Å². The van der Waals surface area contributed by atoms with Crippen molar-refractivity contribution in [1.29, 1.82) is 0 Å². The summed E-state index contributed by atoms with van der Waals surface area (Å²) in [4.78, 5) is 7.70. The smallest absolute Gasteiger partial charge is 0.304 e. The highest BCUT2D eigenvalue weighted by Gasteiger charge is 2.64. The number of hydrogen-bond acceptors (Lipinski definition) is 5. The van der Waals surface area contributed by atoms with Crippen molar-refractivity contribution in [2.45, 2.75) is 37.8 Å². The highest BCUT2D eigenvalue weighted by molar-refractivity contribution is 5.83. The van der Waals surface area contributed by atoms with Gasteiger partial charge in [0, 0.05) is 23.8 Å². The molecule has 2 N–H and O–H groups in total. The minimum Gasteiger partial charge on any atom is -0.436 e. The zero-order chi connectivity index (χ0) is 23.6. The van der Waals surface area contributed by atoms with Gasteiger partial charge in [0.05, 0.1) is 5.56 Å². The van der Waals surface area contributed by atoms with E-state index in [0.29, 0.717) is 12.1 Å². The molecule has 0 saturated heterocycles. The molecule has 1 aliphatic rings. The zero-order valence-electron chi connectivity index (χ0n) is 17.1. The number of hydrogen-bond donors (Lipinski definition) is 1. The third-order valence-corrected chi connectivity index (χ3v) is 5.56. The number of oxazole rings is 1. The van der Waals surface area contributed by atoms with Gasteiger partial charge in [-0.15, -0.1) is 0 Å². The highest BCUT2D eigenvalue weighted by Crippen LogP contribution is 2.51. The van der Waals surface area contributed by atoms with E-state index in [1.165, 1.54) is 0 Å². The summed E-state index contributed by atoms with van der Waals surface area (Å²) in [5.41, 5.74) is -0.573. The molecule has 5 nitrogen and oxygen atoms in total. The predicted molar refractivity (Wildman–Crippen MR) is 103 cm³/mol. The fourth-order valence-electron chi connectivity index (χ4n) is 3.67. The number of halogens is 6. The second-order valence-electron chi connectivity index (χ2n) is 8.11. The summed E-state index contributed by atoms with van der Waals surface area (Å²) in [6.45, 7) is 2.74. The molecule has 0 fully saturated rings. The van der Waals surface area contributed by atoms with E-state index < -0.39 is 64.0 Å². The summed E-state index contributed by atoms with van der Waals surface area (Å²) in [6.07, 6.45) is 0. The summed E-state index contributed by atoms with van der Waals surface area (Å²) in [6, 6.07) is 2.58. The van der Waals surface area contributed by atoms with Gasteiger partial charge in [0.25, 0.3) is 0 Å². The average molecular weight is 457 g/mol. The first-order valence-electron chi connectivity index (χ1n) is 9.38. The SMILES string of the molecule is CC1(C)OCC(N)=N[C@](C)(c2cc(-c3nc4cc(F)c(F)cc4o3)c(F)cc2F)C1(F)F. The van der Waals surface area contributed by atoms with E-state index in [-0.39, 0.29) is 16.9 Å². The normalized spacial score (nSPS) is 22.6. The van der Waals surface area contributed by atoms with Crippen LogP contribution >= 0.6 is 0 Å². The van der Waals surface area contributed by atoms with Crippen LogP contribution in [0.1, 0.15) is 26.3 Å². The number of nitrogens with two attached hydrogens (primary N) is 1. The van der Waals surface area contributed by atoms with Gasteiger partial charge < -0.3 is 14.9 Å². The molecule has 0 radical (unpaired) electrons. The fraction of sp³-hybridized carbons (Fsp3) is 0.333. The number of alkyl halides is 2. The van der Waals surface area contributed by atoms with Crippen molar-refractivity contribution in [3.05, 3.63) is 53.1 Å². The van der Waals surface area contributed by atoms with Crippen molar-refractivity contribution < 1.29 is 35.5 Å². The van der Waals surface area contributed by atoms with E-state index in [0.717, 1.165) is 32.9 Å². The molecule has 0 aliphatic carbocycles. The van der Waals surface area contributed by atoms with Crippen molar-refractivity contribution in [2.24, 2.45) is 10.7 Å². The van der Waals surface area contributed by atoms with Crippen LogP contribution in [0.5, 0.6) is 0 Å². The Labute approximate surface area is 177 Å². The molecule has 11 heteroatoms. The molecular weight excluding hydrogens is 440 g/mol. The van der Waals surface area contributed by atoms with E-state index in [4.69, 9.17) is 14.9 Å². The first-order chi connectivity index (χ1) is 14.8. The van der Waals surface area contributed by atoms with Gasteiger partial charge in [-0.3, -0.25) is 4.99 Å².